The van der Waals surface area contributed by atoms with Crippen molar-refractivity contribution in [1.29, 1.82) is 0 Å². The zero-order chi connectivity index (χ0) is 24.1. The number of carbonyl (C=O) groups excluding carboxylic acids is 3. The van der Waals surface area contributed by atoms with Gasteiger partial charge in [0.2, 0.25) is 11.8 Å². The predicted molar refractivity (Wildman–Crippen MR) is 131 cm³/mol. The smallest absolute Gasteiger partial charge is 0.264 e. The Balaban J connectivity index is 1.45. The van der Waals surface area contributed by atoms with E-state index in [-0.39, 0.29) is 35.8 Å². The normalized spacial score (nSPS) is 28.0. The first-order chi connectivity index (χ1) is 16.4. The molecule has 10 heteroatoms. The first kappa shape index (κ1) is 25.1. The summed E-state index contributed by atoms with van der Waals surface area (Å²) >= 11 is 1.42. The molecule has 4 rings (SSSR count). The van der Waals surface area contributed by atoms with E-state index in [2.05, 4.69) is 10.2 Å². The van der Waals surface area contributed by atoms with Gasteiger partial charge < -0.3 is 25.6 Å². The molecule has 1 aromatic rings. The molecule has 0 radical (unpaired) electrons. The number of ether oxygens (including phenoxy) is 1. The van der Waals surface area contributed by atoms with E-state index < -0.39 is 6.04 Å². The molecule has 3 fully saturated rings. The van der Waals surface area contributed by atoms with Crippen molar-refractivity contribution in [1.82, 2.24) is 20.0 Å². The van der Waals surface area contributed by atoms with Gasteiger partial charge in [0.1, 0.15) is 6.04 Å². The molecular weight excluding hydrogens is 454 g/mol. The van der Waals surface area contributed by atoms with Crippen LogP contribution in [0.25, 0.3) is 0 Å². The lowest BCUT2D eigenvalue weighted by Gasteiger charge is -2.33. The van der Waals surface area contributed by atoms with Gasteiger partial charge in [0.25, 0.3) is 5.91 Å². The number of hydrogen-bond donors (Lipinski definition) is 2. The average molecular weight is 492 g/mol. The van der Waals surface area contributed by atoms with Crippen molar-refractivity contribution in [2.24, 2.45) is 5.73 Å². The lowest BCUT2D eigenvalue weighted by Crippen LogP contribution is -2.49. The Hall–Kier alpha value is -2.01. The number of likely N-dealkylation sites (tertiary alicyclic amines) is 1. The Bertz CT molecular complexity index is 836. The van der Waals surface area contributed by atoms with Gasteiger partial charge >= 0.3 is 0 Å². The van der Waals surface area contributed by atoms with Crippen molar-refractivity contribution < 1.29 is 19.1 Å². The predicted octanol–water partition coefficient (Wildman–Crippen LogP) is 0.898. The minimum Gasteiger partial charge on any atom is -0.379 e. The molecule has 3 N–H and O–H groups in total. The van der Waals surface area contributed by atoms with Crippen LogP contribution >= 0.6 is 11.3 Å². The van der Waals surface area contributed by atoms with Crippen molar-refractivity contribution in [2.45, 2.75) is 63.2 Å². The Morgan fingerprint density at radius 2 is 1.94 bits per heavy atom. The molecule has 3 aliphatic rings. The number of hydrogen-bond acceptors (Lipinski definition) is 7. The number of nitrogens with two attached hydrogens (primary N) is 1. The van der Waals surface area contributed by atoms with Gasteiger partial charge in [0.15, 0.2) is 0 Å². The summed E-state index contributed by atoms with van der Waals surface area (Å²) in [6, 6.07) is 3.27. The zero-order valence-corrected chi connectivity index (χ0v) is 20.8. The van der Waals surface area contributed by atoms with Crippen LogP contribution in [0, 0.1) is 0 Å². The molecule has 2 saturated heterocycles. The van der Waals surface area contributed by atoms with Crippen molar-refractivity contribution in [3.8, 4) is 0 Å². The second kappa shape index (κ2) is 11.6. The first-order valence-electron chi connectivity index (χ1n) is 12.4. The summed E-state index contributed by atoms with van der Waals surface area (Å²) in [4.78, 5) is 45.6. The summed E-state index contributed by atoms with van der Waals surface area (Å²) in [7, 11) is 0. The third-order valence-corrected chi connectivity index (χ3v) is 8.16. The molecule has 0 aromatic carbocycles. The topological polar surface area (TPSA) is 108 Å². The molecule has 2 unspecified atom stereocenters. The average Bonchev–Trinajstić information content (AvgIpc) is 3.52. The van der Waals surface area contributed by atoms with E-state index in [0.717, 1.165) is 45.3 Å². The summed E-state index contributed by atoms with van der Waals surface area (Å²) in [6.45, 7) is 6.29. The number of thiophene rings is 1. The molecule has 34 heavy (non-hydrogen) atoms. The van der Waals surface area contributed by atoms with E-state index in [1.807, 2.05) is 22.4 Å². The Kier molecular flexibility index (Phi) is 8.57. The lowest BCUT2D eigenvalue weighted by atomic mass is 9.91. The van der Waals surface area contributed by atoms with Gasteiger partial charge in [-0.15, -0.1) is 11.3 Å². The zero-order valence-electron chi connectivity index (χ0n) is 20.0. The largest absolute Gasteiger partial charge is 0.379 e. The van der Waals surface area contributed by atoms with Gasteiger partial charge in [-0.05, 0) is 43.6 Å². The number of nitrogens with zero attached hydrogens (tertiary/aromatic N) is 3. The maximum absolute atomic E-state index is 13.4. The fourth-order valence-corrected chi connectivity index (χ4v) is 5.94. The molecular formula is C24H37N5O4S. The van der Waals surface area contributed by atoms with Crippen LogP contribution in [0.1, 0.15) is 48.7 Å². The highest BCUT2D eigenvalue weighted by Crippen LogP contribution is 2.26. The maximum atomic E-state index is 13.4. The molecule has 0 bridgehead atoms. The van der Waals surface area contributed by atoms with Crippen LogP contribution in [0.15, 0.2) is 17.5 Å². The molecule has 3 heterocycles. The Morgan fingerprint density at radius 1 is 1.21 bits per heavy atom. The fraction of sp³-hybridized carbons (Fsp3) is 0.708. The third-order valence-electron chi connectivity index (χ3n) is 7.30. The highest BCUT2D eigenvalue weighted by Gasteiger charge is 2.42. The highest BCUT2D eigenvalue weighted by atomic mass is 32.1. The molecule has 1 saturated carbocycles. The fourth-order valence-electron chi connectivity index (χ4n) is 5.26. The standard InChI is InChI=1S/C24H37N5O4S/c1-17(30)29-16-20(15-21(29)23(31)26-19-6-4-18(25)5-7-19)28(24(32)22-3-2-14-34-22)9-8-27-10-12-33-13-11-27/h2-3,14,18-21H,4-13,15-16,25H2,1H3,(H,26,31). The molecule has 9 nitrogen and oxygen atoms in total. The molecule has 2 atom stereocenters. The quantitative estimate of drug-likeness (QED) is 0.587. The number of nitrogens with one attached hydrogen (secondary N) is 1. The van der Waals surface area contributed by atoms with E-state index in [1.54, 1.807) is 4.90 Å². The first-order valence-corrected chi connectivity index (χ1v) is 13.3. The molecule has 3 amide bonds. The summed E-state index contributed by atoms with van der Waals surface area (Å²) in [5, 5.41) is 5.05. The summed E-state index contributed by atoms with van der Waals surface area (Å²) < 4.78 is 5.45. The molecule has 188 valence electrons. The number of morpholine rings is 1. The Morgan fingerprint density at radius 3 is 2.59 bits per heavy atom. The van der Waals surface area contributed by atoms with Crippen molar-refractivity contribution in [3.63, 3.8) is 0 Å². The van der Waals surface area contributed by atoms with E-state index >= 15 is 0 Å². The van der Waals surface area contributed by atoms with E-state index in [9.17, 15) is 14.4 Å². The van der Waals surface area contributed by atoms with Crippen molar-refractivity contribution in [2.75, 3.05) is 45.9 Å². The van der Waals surface area contributed by atoms with Crippen LogP contribution in [0.4, 0.5) is 0 Å². The molecule has 1 aliphatic carbocycles. The molecule has 2 aliphatic heterocycles. The van der Waals surface area contributed by atoms with Crippen LogP contribution in [-0.2, 0) is 14.3 Å². The van der Waals surface area contributed by atoms with Crippen LogP contribution < -0.4 is 11.1 Å². The van der Waals surface area contributed by atoms with E-state index in [1.165, 1.54) is 18.3 Å². The number of amides is 3. The number of carbonyl (C=O) groups is 3. The van der Waals surface area contributed by atoms with Gasteiger partial charge in [0, 0.05) is 51.7 Å². The van der Waals surface area contributed by atoms with Gasteiger partial charge in [-0.25, -0.2) is 0 Å². The Labute approximate surface area is 205 Å². The monoisotopic (exact) mass is 491 g/mol. The van der Waals surface area contributed by atoms with Crippen LogP contribution in [-0.4, -0.2) is 103 Å². The molecule has 1 aromatic heterocycles. The van der Waals surface area contributed by atoms with Gasteiger partial charge in [0.05, 0.1) is 24.1 Å². The second-order valence-corrected chi connectivity index (χ2v) is 10.6. The van der Waals surface area contributed by atoms with E-state index in [4.69, 9.17) is 10.5 Å². The van der Waals surface area contributed by atoms with Crippen LogP contribution in [0.3, 0.4) is 0 Å². The van der Waals surface area contributed by atoms with E-state index in [0.29, 0.717) is 37.6 Å². The van der Waals surface area contributed by atoms with Gasteiger partial charge in [-0.3, -0.25) is 19.3 Å². The minimum absolute atomic E-state index is 0.0286. The maximum Gasteiger partial charge on any atom is 0.264 e. The van der Waals surface area contributed by atoms with Crippen LogP contribution in [0.5, 0.6) is 0 Å². The minimum atomic E-state index is -0.555. The van der Waals surface area contributed by atoms with Crippen molar-refractivity contribution in [3.05, 3.63) is 22.4 Å². The van der Waals surface area contributed by atoms with Crippen LogP contribution in [0.2, 0.25) is 0 Å². The summed E-state index contributed by atoms with van der Waals surface area (Å²) in [5.74, 6) is -0.279. The lowest BCUT2D eigenvalue weighted by molar-refractivity contribution is -0.137. The second-order valence-electron chi connectivity index (χ2n) is 9.63. The highest BCUT2D eigenvalue weighted by molar-refractivity contribution is 7.12. The summed E-state index contributed by atoms with van der Waals surface area (Å²) in [5.41, 5.74) is 6.00. The van der Waals surface area contributed by atoms with Gasteiger partial charge in [-0.2, -0.15) is 0 Å². The third kappa shape index (κ3) is 6.16. The summed E-state index contributed by atoms with van der Waals surface area (Å²) in [6.07, 6.45) is 3.99. The SMILES string of the molecule is CC(=O)N1CC(N(CCN2CCOCC2)C(=O)c2cccs2)CC1C(=O)NC1CCC(N)CC1. The van der Waals surface area contributed by atoms with Gasteiger partial charge in [-0.1, -0.05) is 6.07 Å². The molecule has 0 spiro atoms. The van der Waals surface area contributed by atoms with Crippen molar-refractivity contribution >= 4 is 29.1 Å². The number of rotatable bonds is 7.